The largest absolute Gasteiger partial charge is 0.325 e. The molecule has 4 rings (SSSR count). The first-order valence-electron chi connectivity index (χ1n) is 6.81. The van der Waals surface area contributed by atoms with Crippen LogP contribution in [0.15, 0.2) is 28.0 Å². The zero-order valence-corrected chi connectivity index (χ0v) is 11.4. The molecule has 21 heavy (non-hydrogen) atoms. The Hall–Kier alpha value is -2.70. The summed E-state index contributed by atoms with van der Waals surface area (Å²) in [6, 6.07) is 1.91. The molecule has 1 aliphatic carbocycles. The van der Waals surface area contributed by atoms with Gasteiger partial charge in [0.15, 0.2) is 5.65 Å². The number of nitrogens with zero attached hydrogens (tertiary/aromatic N) is 3. The van der Waals surface area contributed by atoms with Crippen molar-refractivity contribution in [2.75, 3.05) is 0 Å². The first-order valence-corrected chi connectivity index (χ1v) is 6.81. The highest BCUT2D eigenvalue weighted by Crippen LogP contribution is 2.42. The van der Waals surface area contributed by atoms with Gasteiger partial charge in [0.05, 0.1) is 23.1 Å². The van der Waals surface area contributed by atoms with Gasteiger partial charge in [0.2, 0.25) is 0 Å². The lowest BCUT2D eigenvalue weighted by Crippen LogP contribution is -2.23. The van der Waals surface area contributed by atoms with Crippen molar-refractivity contribution in [2.45, 2.75) is 25.7 Å². The van der Waals surface area contributed by atoms with E-state index in [0.29, 0.717) is 17.2 Å². The Morgan fingerprint density at radius 3 is 2.86 bits per heavy atom. The maximum atomic E-state index is 12.0. The van der Waals surface area contributed by atoms with E-state index >= 15 is 0 Å². The molecule has 0 amide bonds. The molecule has 0 radical (unpaired) electrons. The molecule has 0 atom stereocenters. The molecule has 106 valence electrons. The Morgan fingerprint density at radius 2 is 2.14 bits per heavy atom. The summed E-state index contributed by atoms with van der Waals surface area (Å²) in [5.74, 6) is 0.484. The van der Waals surface area contributed by atoms with Crippen molar-refractivity contribution in [3.8, 4) is 11.3 Å². The van der Waals surface area contributed by atoms with Crippen molar-refractivity contribution in [2.24, 2.45) is 0 Å². The molecule has 7 nitrogen and oxygen atoms in total. The number of aryl methyl sites for hydroxylation is 1. The molecular weight excluding hydrogens is 270 g/mol. The lowest BCUT2D eigenvalue weighted by atomic mass is 10.1. The smallest absolute Gasteiger partial charge is 0.313 e. The second-order valence-electron chi connectivity index (χ2n) is 5.38. The Kier molecular flexibility index (Phi) is 2.38. The number of rotatable bonds is 2. The molecule has 3 aromatic heterocycles. The molecule has 3 aromatic rings. The molecule has 1 fully saturated rings. The molecular formula is C14H13N5O2. The summed E-state index contributed by atoms with van der Waals surface area (Å²) in [5, 5.41) is 4.48. The van der Waals surface area contributed by atoms with E-state index in [2.05, 4.69) is 20.1 Å². The normalized spacial score (nSPS) is 14.7. The third kappa shape index (κ3) is 1.89. The van der Waals surface area contributed by atoms with Gasteiger partial charge in [-0.05, 0) is 31.7 Å². The highest BCUT2D eigenvalue weighted by atomic mass is 16.2. The van der Waals surface area contributed by atoms with Gasteiger partial charge >= 0.3 is 5.69 Å². The molecule has 1 saturated carbocycles. The van der Waals surface area contributed by atoms with Crippen molar-refractivity contribution in [3.63, 3.8) is 0 Å². The number of hydrogen-bond donors (Lipinski definition) is 2. The summed E-state index contributed by atoms with van der Waals surface area (Å²) in [6.07, 6.45) is 5.44. The lowest BCUT2D eigenvalue weighted by Gasteiger charge is -2.06. The van der Waals surface area contributed by atoms with Crippen LogP contribution in [0.3, 0.4) is 0 Å². The van der Waals surface area contributed by atoms with E-state index < -0.39 is 11.2 Å². The molecule has 0 saturated heterocycles. The Morgan fingerprint density at radius 1 is 1.33 bits per heavy atom. The van der Waals surface area contributed by atoms with E-state index in [1.165, 1.54) is 6.20 Å². The monoisotopic (exact) mass is 283 g/mol. The molecule has 7 heteroatoms. The SMILES string of the molecule is Cc1cnc2c(C3CC3)cc(-c3c[nH]c(=O)[nH]c3=O)nn12. The number of aromatic amines is 2. The summed E-state index contributed by atoms with van der Waals surface area (Å²) in [5.41, 5.74) is 2.80. The minimum atomic E-state index is -0.522. The van der Waals surface area contributed by atoms with E-state index in [9.17, 15) is 9.59 Å². The van der Waals surface area contributed by atoms with Crippen LogP contribution in [0.1, 0.15) is 30.0 Å². The molecule has 3 heterocycles. The fraction of sp³-hybridized carbons (Fsp3) is 0.286. The van der Waals surface area contributed by atoms with E-state index in [0.717, 1.165) is 29.7 Å². The predicted molar refractivity (Wildman–Crippen MR) is 76.4 cm³/mol. The number of aromatic nitrogens is 5. The van der Waals surface area contributed by atoms with E-state index in [1.807, 2.05) is 13.0 Å². The van der Waals surface area contributed by atoms with Gasteiger partial charge in [-0.1, -0.05) is 0 Å². The topological polar surface area (TPSA) is 95.9 Å². The van der Waals surface area contributed by atoms with Crippen molar-refractivity contribution in [1.82, 2.24) is 24.6 Å². The minimum Gasteiger partial charge on any atom is -0.313 e. The Labute approximate surface area is 118 Å². The van der Waals surface area contributed by atoms with Crippen molar-refractivity contribution >= 4 is 5.65 Å². The van der Waals surface area contributed by atoms with Gasteiger partial charge in [-0.3, -0.25) is 9.78 Å². The summed E-state index contributed by atoms with van der Waals surface area (Å²) in [4.78, 5) is 32.2. The van der Waals surface area contributed by atoms with Crippen LogP contribution < -0.4 is 11.2 Å². The average Bonchev–Trinajstić information content (AvgIpc) is 3.23. The zero-order valence-electron chi connectivity index (χ0n) is 11.4. The highest BCUT2D eigenvalue weighted by molar-refractivity contribution is 5.63. The van der Waals surface area contributed by atoms with E-state index in [4.69, 9.17) is 0 Å². The zero-order chi connectivity index (χ0) is 14.6. The van der Waals surface area contributed by atoms with Crippen LogP contribution in [0.25, 0.3) is 16.9 Å². The number of hydrogen-bond acceptors (Lipinski definition) is 4. The minimum absolute atomic E-state index is 0.353. The molecule has 0 unspecified atom stereocenters. The highest BCUT2D eigenvalue weighted by Gasteiger charge is 2.28. The summed E-state index contributed by atoms with van der Waals surface area (Å²) in [7, 11) is 0. The standard InChI is InChI=1S/C14H13N5O2/c1-7-5-15-12-9(8-2-3-8)4-11(18-19(7)12)10-6-16-14(21)17-13(10)20/h4-6,8H,2-3H2,1H3,(H2,16,17,20,21). The van der Waals surface area contributed by atoms with Crippen LogP contribution in [0, 0.1) is 6.92 Å². The van der Waals surface area contributed by atoms with Crippen LogP contribution in [0.2, 0.25) is 0 Å². The second kappa shape index (κ2) is 4.15. The van der Waals surface area contributed by atoms with E-state index in [1.54, 1.807) is 10.7 Å². The maximum absolute atomic E-state index is 12.0. The lowest BCUT2D eigenvalue weighted by molar-refractivity contribution is 0.884. The van der Waals surface area contributed by atoms with Crippen LogP contribution >= 0.6 is 0 Å². The average molecular weight is 283 g/mol. The third-order valence-corrected chi connectivity index (χ3v) is 3.78. The number of imidazole rings is 1. The van der Waals surface area contributed by atoms with Gasteiger partial charge in [0.1, 0.15) is 0 Å². The van der Waals surface area contributed by atoms with E-state index in [-0.39, 0.29) is 0 Å². The number of fused-ring (bicyclic) bond motifs is 1. The first kappa shape index (κ1) is 12.1. The van der Waals surface area contributed by atoms with Gasteiger partial charge in [-0.15, -0.1) is 0 Å². The van der Waals surface area contributed by atoms with Crippen LogP contribution in [-0.4, -0.2) is 24.6 Å². The van der Waals surface area contributed by atoms with Gasteiger partial charge < -0.3 is 4.98 Å². The van der Waals surface area contributed by atoms with Gasteiger partial charge in [-0.25, -0.2) is 14.3 Å². The second-order valence-corrected chi connectivity index (χ2v) is 5.38. The van der Waals surface area contributed by atoms with Gasteiger partial charge in [-0.2, -0.15) is 5.10 Å². The fourth-order valence-electron chi connectivity index (χ4n) is 2.53. The predicted octanol–water partition coefficient (Wildman–Crippen LogP) is 0.959. The molecule has 0 aliphatic heterocycles. The quantitative estimate of drug-likeness (QED) is 0.732. The molecule has 0 bridgehead atoms. The number of H-pyrrole nitrogens is 2. The van der Waals surface area contributed by atoms with Crippen LogP contribution in [0.5, 0.6) is 0 Å². The maximum Gasteiger partial charge on any atom is 0.325 e. The molecule has 0 aromatic carbocycles. The van der Waals surface area contributed by atoms with Crippen LogP contribution in [-0.2, 0) is 0 Å². The Bertz CT molecular complexity index is 961. The number of nitrogens with one attached hydrogen (secondary N) is 2. The first-order chi connectivity index (χ1) is 10.1. The van der Waals surface area contributed by atoms with Crippen molar-refractivity contribution in [3.05, 3.63) is 50.6 Å². The molecule has 2 N–H and O–H groups in total. The molecule has 1 aliphatic rings. The van der Waals surface area contributed by atoms with Crippen molar-refractivity contribution < 1.29 is 0 Å². The Balaban J connectivity index is 2.02. The van der Waals surface area contributed by atoms with Crippen molar-refractivity contribution in [1.29, 1.82) is 0 Å². The summed E-state index contributed by atoms with van der Waals surface area (Å²) >= 11 is 0. The molecule has 0 spiro atoms. The van der Waals surface area contributed by atoms with Gasteiger partial charge in [0, 0.05) is 11.8 Å². The van der Waals surface area contributed by atoms with Crippen LogP contribution in [0.4, 0.5) is 0 Å². The summed E-state index contributed by atoms with van der Waals surface area (Å²) < 4.78 is 1.76. The summed E-state index contributed by atoms with van der Waals surface area (Å²) in [6.45, 7) is 1.92. The fourth-order valence-corrected chi connectivity index (χ4v) is 2.53. The third-order valence-electron chi connectivity index (χ3n) is 3.78. The van der Waals surface area contributed by atoms with Gasteiger partial charge in [0.25, 0.3) is 5.56 Å².